The highest BCUT2D eigenvalue weighted by Gasteiger charge is 2.20. The normalized spacial score (nSPS) is 11.1. The Hall–Kier alpha value is -3.01. The van der Waals surface area contributed by atoms with E-state index in [4.69, 9.17) is 23.2 Å². The van der Waals surface area contributed by atoms with Crippen LogP contribution < -0.4 is 10.6 Å². The topological polar surface area (TPSA) is 108 Å². The van der Waals surface area contributed by atoms with E-state index < -0.39 is 0 Å². The van der Waals surface area contributed by atoms with E-state index in [-0.39, 0.29) is 17.8 Å². The minimum Gasteiger partial charge on any atom is -0.362 e. The smallest absolute Gasteiger partial charge is 0.269 e. The molecule has 2 aromatic carbocycles. The molecule has 0 aliphatic heterocycles. The number of unbranched alkanes of at least 4 members (excludes halogenated alkanes) is 3. The van der Waals surface area contributed by atoms with Crippen LogP contribution in [0.2, 0.25) is 10.0 Å². The molecule has 0 bridgehead atoms. The van der Waals surface area contributed by atoms with Gasteiger partial charge < -0.3 is 5.32 Å². The third-order valence-corrected chi connectivity index (χ3v) is 6.94. The van der Waals surface area contributed by atoms with Gasteiger partial charge in [0.2, 0.25) is 5.91 Å². The second kappa shape index (κ2) is 12.6. The summed E-state index contributed by atoms with van der Waals surface area (Å²) in [7, 11) is 0. The number of nitrogens with one attached hydrogen (secondary N) is 3. The molecule has 2 heterocycles. The molecule has 0 fully saturated rings. The largest absolute Gasteiger partial charge is 0.362 e. The summed E-state index contributed by atoms with van der Waals surface area (Å²) in [6.07, 6.45) is 6.19. The van der Waals surface area contributed by atoms with E-state index in [2.05, 4.69) is 60.5 Å². The van der Waals surface area contributed by atoms with E-state index >= 15 is 0 Å². The van der Waals surface area contributed by atoms with Crippen LogP contribution in [0.25, 0.3) is 0 Å². The number of aromatic amines is 1. The number of aromatic nitrogens is 5. The van der Waals surface area contributed by atoms with Crippen molar-refractivity contribution in [2.24, 2.45) is 0 Å². The van der Waals surface area contributed by atoms with E-state index in [1.165, 1.54) is 0 Å². The fourth-order valence-electron chi connectivity index (χ4n) is 3.69. The molecular weight excluding hydrogens is 505 g/mol. The summed E-state index contributed by atoms with van der Waals surface area (Å²) in [6, 6.07) is 15.9. The van der Waals surface area contributed by atoms with Gasteiger partial charge in [0, 0.05) is 40.0 Å². The number of thiazole rings is 1. The van der Waals surface area contributed by atoms with Crippen LogP contribution in [-0.4, -0.2) is 38.1 Å². The van der Waals surface area contributed by atoms with E-state index in [1.807, 2.05) is 30.5 Å². The number of hydrogen-bond donors (Lipinski definition) is 3. The molecule has 0 aliphatic carbocycles. The molecule has 0 unspecified atom stereocenters. The zero-order valence-electron chi connectivity index (χ0n) is 18.9. The van der Waals surface area contributed by atoms with Crippen LogP contribution in [0, 0.1) is 0 Å². The molecule has 11 heteroatoms. The molecule has 0 saturated heterocycles. The Labute approximate surface area is 217 Å². The number of H-pyrrole nitrogens is 1. The maximum atomic E-state index is 11.8. The third kappa shape index (κ3) is 7.48. The van der Waals surface area contributed by atoms with Crippen molar-refractivity contribution in [1.82, 2.24) is 25.6 Å². The van der Waals surface area contributed by atoms with Crippen molar-refractivity contribution in [2.45, 2.75) is 38.0 Å². The summed E-state index contributed by atoms with van der Waals surface area (Å²) in [6.45, 7) is 0.828. The first-order chi connectivity index (χ1) is 17.1. The van der Waals surface area contributed by atoms with Crippen LogP contribution in [0.5, 0.6) is 0 Å². The maximum Gasteiger partial charge on any atom is 0.269 e. The van der Waals surface area contributed by atoms with E-state index in [0.717, 1.165) is 53.4 Å². The minimum absolute atomic E-state index is 0.0520. The molecule has 35 heavy (non-hydrogen) atoms. The summed E-state index contributed by atoms with van der Waals surface area (Å²) in [4.78, 5) is 17.6. The molecule has 1 amide bonds. The van der Waals surface area contributed by atoms with Crippen LogP contribution in [-0.2, 0) is 4.79 Å². The van der Waals surface area contributed by atoms with Gasteiger partial charge in [-0.05, 0) is 53.4 Å². The standard InChI is InChI=1S/C24H25Cl2N7OS/c25-18-10-6-16(7-11-18)22(17-8-12-19(26)13-9-17)20-15-28-24(35-20)27-14-4-2-1-3-5-21(34)29-23-30-32-33-31-23/h6-13,15,22H,1-5,14H2,(H,27,28)(H2,29,30,31,32,33,34). The predicted molar refractivity (Wildman–Crippen MR) is 140 cm³/mol. The van der Waals surface area contributed by atoms with Crippen molar-refractivity contribution < 1.29 is 4.79 Å². The van der Waals surface area contributed by atoms with Gasteiger partial charge in [-0.3, -0.25) is 10.1 Å². The lowest BCUT2D eigenvalue weighted by Gasteiger charge is -2.16. The Bertz CT molecular complexity index is 1150. The SMILES string of the molecule is O=C(CCCCCCNc1ncc(C(c2ccc(Cl)cc2)c2ccc(Cl)cc2)s1)Nc1nn[nH]n1. The Morgan fingerprint density at radius 2 is 1.60 bits per heavy atom. The maximum absolute atomic E-state index is 11.8. The van der Waals surface area contributed by atoms with Crippen molar-refractivity contribution in [3.63, 3.8) is 0 Å². The molecule has 0 spiro atoms. The summed E-state index contributed by atoms with van der Waals surface area (Å²) >= 11 is 13.9. The lowest BCUT2D eigenvalue weighted by molar-refractivity contribution is -0.116. The fraction of sp³-hybridized carbons (Fsp3) is 0.292. The molecule has 3 N–H and O–H groups in total. The second-order valence-corrected chi connectivity index (χ2v) is 9.91. The quantitative estimate of drug-likeness (QED) is 0.190. The summed E-state index contributed by atoms with van der Waals surface area (Å²) in [5.74, 6) is 0.156. The monoisotopic (exact) mass is 529 g/mol. The Morgan fingerprint density at radius 1 is 0.943 bits per heavy atom. The highest BCUT2D eigenvalue weighted by molar-refractivity contribution is 7.15. The van der Waals surface area contributed by atoms with Gasteiger partial charge in [0.1, 0.15) is 0 Å². The second-order valence-electron chi connectivity index (χ2n) is 7.98. The number of benzene rings is 2. The molecule has 0 aliphatic rings. The van der Waals surface area contributed by atoms with Gasteiger partial charge in [-0.1, -0.05) is 65.4 Å². The van der Waals surface area contributed by atoms with Gasteiger partial charge in [0.25, 0.3) is 5.95 Å². The number of halogens is 2. The molecule has 0 atom stereocenters. The zero-order chi connectivity index (χ0) is 24.5. The number of carbonyl (C=O) groups excluding carboxylic acids is 1. The van der Waals surface area contributed by atoms with Crippen LogP contribution in [0.15, 0.2) is 54.7 Å². The summed E-state index contributed by atoms with van der Waals surface area (Å²) < 4.78 is 0. The lowest BCUT2D eigenvalue weighted by atomic mass is 9.90. The number of anilines is 2. The first kappa shape index (κ1) is 25.1. The number of hydrogen-bond acceptors (Lipinski definition) is 7. The number of carbonyl (C=O) groups is 1. The van der Waals surface area contributed by atoms with Crippen LogP contribution in [0.3, 0.4) is 0 Å². The molecule has 4 rings (SSSR count). The van der Waals surface area contributed by atoms with E-state index in [0.29, 0.717) is 16.5 Å². The Kier molecular flexibility index (Phi) is 9.05. The predicted octanol–water partition coefficient (Wildman–Crippen LogP) is 6.14. The van der Waals surface area contributed by atoms with E-state index in [9.17, 15) is 4.79 Å². The summed E-state index contributed by atoms with van der Waals surface area (Å²) in [5.41, 5.74) is 2.30. The van der Waals surface area contributed by atoms with Gasteiger partial charge in [0.15, 0.2) is 5.13 Å². The van der Waals surface area contributed by atoms with Gasteiger partial charge in [0.05, 0.1) is 0 Å². The fourth-order valence-corrected chi connectivity index (χ4v) is 4.94. The Balaban J connectivity index is 1.25. The molecule has 8 nitrogen and oxygen atoms in total. The van der Waals surface area contributed by atoms with Crippen molar-refractivity contribution in [3.05, 3.63) is 80.8 Å². The van der Waals surface area contributed by atoms with E-state index in [1.54, 1.807) is 11.3 Å². The molecule has 4 aromatic rings. The average Bonchev–Trinajstić information content (AvgIpc) is 3.53. The first-order valence-electron chi connectivity index (χ1n) is 11.3. The molecule has 0 saturated carbocycles. The van der Waals surface area contributed by atoms with Gasteiger partial charge in [-0.15, -0.1) is 16.4 Å². The molecular formula is C24H25Cl2N7OS. The first-order valence-corrected chi connectivity index (χ1v) is 12.9. The van der Waals surface area contributed by atoms with Gasteiger partial charge in [-0.2, -0.15) is 5.21 Å². The van der Waals surface area contributed by atoms with Crippen molar-refractivity contribution in [2.75, 3.05) is 17.2 Å². The van der Waals surface area contributed by atoms with Crippen LogP contribution in [0.4, 0.5) is 11.1 Å². The van der Waals surface area contributed by atoms with Crippen molar-refractivity contribution in [1.29, 1.82) is 0 Å². The molecule has 2 aromatic heterocycles. The average molecular weight is 530 g/mol. The zero-order valence-corrected chi connectivity index (χ0v) is 21.2. The highest BCUT2D eigenvalue weighted by Crippen LogP contribution is 2.37. The Morgan fingerprint density at radius 3 is 2.23 bits per heavy atom. The highest BCUT2D eigenvalue weighted by atomic mass is 35.5. The lowest BCUT2D eigenvalue weighted by Crippen LogP contribution is -2.12. The molecule has 182 valence electrons. The minimum atomic E-state index is -0.101. The van der Waals surface area contributed by atoms with Crippen molar-refractivity contribution in [3.8, 4) is 0 Å². The van der Waals surface area contributed by atoms with Gasteiger partial charge >= 0.3 is 0 Å². The van der Waals surface area contributed by atoms with Crippen LogP contribution >= 0.6 is 34.5 Å². The number of nitrogens with zero attached hydrogens (tertiary/aromatic N) is 4. The van der Waals surface area contributed by atoms with Gasteiger partial charge in [-0.25, -0.2) is 4.98 Å². The number of amides is 1. The molecule has 0 radical (unpaired) electrons. The number of tetrazole rings is 1. The third-order valence-electron chi connectivity index (χ3n) is 5.42. The summed E-state index contributed by atoms with van der Waals surface area (Å²) in [5, 5.41) is 21.5. The number of rotatable bonds is 12. The van der Waals surface area contributed by atoms with Crippen LogP contribution in [0.1, 0.15) is 54.0 Å². The van der Waals surface area contributed by atoms with Crippen molar-refractivity contribution >= 4 is 51.5 Å².